The van der Waals surface area contributed by atoms with Crippen LogP contribution in [0.4, 0.5) is 23.2 Å². The van der Waals surface area contributed by atoms with Gasteiger partial charge in [-0.1, -0.05) is 23.7 Å². The molecule has 11 heteroatoms. The largest absolute Gasteiger partial charge is 0.516 e. The highest BCUT2D eigenvalue weighted by atomic mass is 35.5. The van der Waals surface area contributed by atoms with Crippen molar-refractivity contribution in [3.8, 4) is 0 Å². The highest BCUT2D eigenvalue weighted by Crippen LogP contribution is 2.29. The van der Waals surface area contributed by atoms with Crippen molar-refractivity contribution in [2.45, 2.75) is 18.9 Å². The van der Waals surface area contributed by atoms with Gasteiger partial charge in [-0.15, -0.1) is 0 Å². The van der Waals surface area contributed by atoms with Crippen molar-refractivity contribution in [1.29, 1.82) is 0 Å². The molecule has 0 heterocycles. The van der Waals surface area contributed by atoms with Gasteiger partial charge in [0, 0.05) is 10.6 Å². The smallest absolute Gasteiger partial charge is 0.393 e. The lowest BCUT2D eigenvalue weighted by atomic mass is 10.1. The summed E-state index contributed by atoms with van der Waals surface area (Å²) in [5.74, 6) is 0. The van der Waals surface area contributed by atoms with Crippen molar-refractivity contribution in [2.75, 3.05) is 18.0 Å². The van der Waals surface area contributed by atoms with E-state index < -0.39 is 22.2 Å². The van der Waals surface area contributed by atoms with E-state index in [1.54, 1.807) is 6.92 Å². The maximum absolute atomic E-state index is 12.5. The van der Waals surface area contributed by atoms with Crippen LogP contribution in [0.25, 0.3) is 0 Å². The molecule has 1 aromatic rings. The first-order valence-electron chi connectivity index (χ1n) is 6.26. The van der Waals surface area contributed by atoms with Crippen molar-refractivity contribution in [3.63, 3.8) is 0 Å². The molecule has 0 aliphatic rings. The zero-order chi connectivity index (χ0) is 17.7. The third-order valence-electron chi connectivity index (χ3n) is 2.52. The maximum Gasteiger partial charge on any atom is 0.516 e. The van der Waals surface area contributed by atoms with E-state index in [4.69, 9.17) is 11.6 Å². The molecule has 0 bridgehead atoms. The van der Waals surface area contributed by atoms with E-state index in [2.05, 4.69) is 9.99 Å². The van der Waals surface area contributed by atoms with Crippen LogP contribution in [0.2, 0.25) is 5.02 Å². The Kier molecular flexibility index (Phi) is 6.63. The molecular weight excluding hydrogens is 364 g/mol. The molecule has 1 rings (SSSR count). The van der Waals surface area contributed by atoms with E-state index in [1.165, 1.54) is 16.9 Å². The normalized spacial score (nSPS) is 13.0. The van der Waals surface area contributed by atoms with Gasteiger partial charge in [0.05, 0.1) is 11.4 Å². The average molecular weight is 377 g/mol. The summed E-state index contributed by atoms with van der Waals surface area (Å²) in [5.41, 5.74) is -5.72. The van der Waals surface area contributed by atoms with Crippen LogP contribution >= 0.6 is 11.6 Å². The summed E-state index contributed by atoms with van der Waals surface area (Å²) in [4.78, 5) is 4.65. The Hall–Kier alpha value is -1.55. The van der Waals surface area contributed by atoms with Gasteiger partial charge in [-0.2, -0.15) is 21.6 Å². The summed E-state index contributed by atoms with van der Waals surface area (Å²) in [6.07, 6.45) is 0.188. The van der Waals surface area contributed by atoms with E-state index in [9.17, 15) is 26.0 Å². The number of hydrogen-bond donors (Lipinski definition) is 1. The number of anilines is 1. The Morgan fingerprint density at radius 2 is 2.04 bits per heavy atom. The fourth-order valence-electron chi connectivity index (χ4n) is 1.51. The highest BCUT2D eigenvalue weighted by molar-refractivity contribution is 7.93. The molecular formula is C12H13ClF4N2O3S. The van der Waals surface area contributed by atoms with Gasteiger partial charge < -0.3 is 4.84 Å². The van der Waals surface area contributed by atoms with Crippen LogP contribution in [0.15, 0.2) is 23.4 Å². The van der Waals surface area contributed by atoms with Gasteiger partial charge in [-0.3, -0.25) is 4.72 Å². The maximum atomic E-state index is 12.5. The first-order valence-corrected chi connectivity index (χ1v) is 8.12. The molecule has 0 radical (unpaired) electrons. The van der Waals surface area contributed by atoms with Crippen LogP contribution in [0.3, 0.4) is 0 Å². The molecule has 0 saturated heterocycles. The van der Waals surface area contributed by atoms with Crippen molar-refractivity contribution >= 4 is 33.0 Å². The van der Waals surface area contributed by atoms with Crippen LogP contribution < -0.4 is 4.72 Å². The van der Waals surface area contributed by atoms with Crippen molar-refractivity contribution < 1.29 is 30.8 Å². The zero-order valence-electron chi connectivity index (χ0n) is 11.8. The first-order chi connectivity index (χ1) is 10.6. The number of nitrogens with one attached hydrogen (secondary N) is 1. The van der Waals surface area contributed by atoms with Crippen molar-refractivity contribution in [1.82, 2.24) is 0 Å². The molecule has 1 N–H and O–H groups in total. The first kappa shape index (κ1) is 19.5. The highest BCUT2D eigenvalue weighted by Gasteiger charge is 2.46. The van der Waals surface area contributed by atoms with Crippen LogP contribution in [-0.2, 0) is 14.9 Å². The van der Waals surface area contributed by atoms with Crippen LogP contribution in [0.1, 0.15) is 18.9 Å². The van der Waals surface area contributed by atoms with Gasteiger partial charge in [0.25, 0.3) is 0 Å². The minimum absolute atomic E-state index is 0.00619. The Morgan fingerprint density at radius 1 is 1.39 bits per heavy atom. The number of nitrogens with zero attached hydrogens (tertiary/aromatic N) is 1. The molecule has 0 aliphatic carbocycles. The second kappa shape index (κ2) is 7.82. The summed E-state index contributed by atoms with van der Waals surface area (Å²) in [6.45, 7) is 0.470. The molecule has 1 aromatic carbocycles. The minimum Gasteiger partial charge on any atom is -0.393 e. The number of halogens is 5. The molecule has 0 atom stereocenters. The number of benzene rings is 1. The lowest BCUT2D eigenvalue weighted by Crippen LogP contribution is -2.30. The molecule has 5 nitrogen and oxygen atoms in total. The monoisotopic (exact) mass is 376 g/mol. The summed E-state index contributed by atoms with van der Waals surface area (Å²) >= 11 is 5.79. The molecule has 0 fully saturated rings. The SMILES string of the molecule is CCC(=NOCCF)c1cc(Cl)ccc1NS(=O)(=O)C(F)(F)F. The van der Waals surface area contributed by atoms with E-state index in [0.29, 0.717) is 0 Å². The fraction of sp³-hybridized carbons (Fsp3) is 0.417. The van der Waals surface area contributed by atoms with Gasteiger partial charge >= 0.3 is 15.5 Å². The van der Waals surface area contributed by atoms with E-state index >= 15 is 0 Å². The standard InChI is InChI=1S/C12H13ClF4N2O3S/c1-2-10(18-22-6-5-14)9-7-8(13)3-4-11(9)19-23(20,21)12(15,16)17/h3-4,7,19H,2,5-6H2,1H3. The zero-order valence-corrected chi connectivity index (χ0v) is 13.4. The minimum atomic E-state index is -5.60. The van der Waals surface area contributed by atoms with Crippen LogP contribution in [0.5, 0.6) is 0 Å². The third-order valence-corrected chi connectivity index (χ3v) is 3.85. The Bertz CT molecular complexity index is 677. The molecule has 23 heavy (non-hydrogen) atoms. The van der Waals surface area contributed by atoms with E-state index in [-0.39, 0.29) is 35.0 Å². The number of oxime groups is 1. The van der Waals surface area contributed by atoms with Gasteiger partial charge in [0.2, 0.25) is 0 Å². The summed E-state index contributed by atoms with van der Waals surface area (Å²) in [7, 11) is -5.60. The van der Waals surface area contributed by atoms with Gasteiger partial charge in [-0.05, 0) is 24.6 Å². The number of alkyl halides is 4. The quantitative estimate of drug-likeness (QED) is 0.341. The predicted molar refractivity (Wildman–Crippen MR) is 78.8 cm³/mol. The van der Waals surface area contributed by atoms with E-state index in [1.807, 2.05) is 0 Å². The number of hydrogen-bond acceptors (Lipinski definition) is 4. The summed E-state index contributed by atoms with van der Waals surface area (Å²) in [5, 5.41) is 3.75. The van der Waals surface area contributed by atoms with Gasteiger partial charge in [0.15, 0.2) is 0 Å². The third kappa shape index (κ3) is 5.24. The van der Waals surface area contributed by atoms with Gasteiger partial charge in [0.1, 0.15) is 13.3 Å². The Morgan fingerprint density at radius 3 is 2.57 bits per heavy atom. The lowest BCUT2D eigenvalue weighted by Gasteiger charge is -2.15. The van der Waals surface area contributed by atoms with Gasteiger partial charge in [-0.25, -0.2) is 4.39 Å². The van der Waals surface area contributed by atoms with Crippen LogP contribution in [0, 0.1) is 0 Å². The molecule has 0 aromatic heterocycles. The molecule has 0 unspecified atom stereocenters. The summed E-state index contributed by atoms with van der Waals surface area (Å²) < 4.78 is 73.4. The van der Waals surface area contributed by atoms with Crippen LogP contribution in [-0.4, -0.2) is 32.9 Å². The van der Waals surface area contributed by atoms with E-state index in [0.717, 1.165) is 6.07 Å². The van der Waals surface area contributed by atoms with Crippen molar-refractivity contribution in [3.05, 3.63) is 28.8 Å². The molecule has 0 amide bonds. The molecule has 0 saturated carbocycles. The average Bonchev–Trinajstić information content (AvgIpc) is 2.44. The second-order valence-corrected chi connectivity index (χ2v) is 6.27. The predicted octanol–water partition coefficient (Wildman–Crippen LogP) is 3.70. The lowest BCUT2D eigenvalue weighted by molar-refractivity contribution is -0.0429. The fourth-order valence-corrected chi connectivity index (χ4v) is 2.26. The number of sulfonamides is 1. The Labute approximate surface area is 135 Å². The molecule has 0 spiro atoms. The van der Waals surface area contributed by atoms with Crippen molar-refractivity contribution in [2.24, 2.45) is 5.16 Å². The molecule has 130 valence electrons. The Balaban J connectivity index is 3.27. The molecule has 0 aliphatic heterocycles. The topological polar surface area (TPSA) is 67.8 Å². The summed E-state index contributed by atoms with van der Waals surface area (Å²) in [6, 6.07) is 3.52. The number of rotatable bonds is 7. The second-order valence-electron chi connectivity index (χ2n) is 4.15.